The van der Waals surface area contributed by atoms with Gasteiger partial charge in [0.1, 0.15) is 17.9 Å². The maximum atomic E-state index is 14.6. The largest absolute Gasteiger partial charge is 0.370 e. The van der Waals surface area contributed by atoms with Gasteiger partial charge in [0, 0.05) is 84.6 Å². The van der Waals surface area contributed by atoms with Gasteiger partial charge in [-0.25, -0.2) is 4.98 Å². The number of primary amides is 1. The Hall–Kier alpha value is -3.52. The average molecular weight is 854 g/mol. The highest BCUT2D eigenvalue weighted by Crippen LogP contribution is 2.32. The Morgan fingerprint density at radius 1 is 0.656 bits per heavy atom. The standard InChI is InChI=1S/C45H77N9O5.C2H6/c1-30(2)24-36-44(58)54(23-20-48(36)7)39(43(57)52-15-10-34(11-16-52)28-40(46)55)27-33(6)32(5)26-37-45(59)53(22-21-49(37)8)38(25-31(3)4)42(56)51-17-12-35(13-18-51)29-41-47-14-19-50(41)9;1-2/h14,19,30-39H,10-13,15-18,20-29H2,1-9H3,(H2,46,55);1-2H3/t32?,33?,36?,37?,38-,39-;/m0./s1. The van der Waals surface area contributed by atoms with Crippen LogP contribution in [0.2, 0.25) is 0 Å². The average Bonchev–Trinajstić information content (AvgIpc) is 3.63. The highest BCUT2D eigenvalue weighted by Gasteiger charge is 2.44. The summed E-state index contributed by atoms with van der Waals surface area (Å²) in [6.07, 6.45) is 10.8. The van der Waals surface area contributed by atoms with Crippen LogP contribution in [0.4, 0.5) is 0 Å². The molecule has 4 unspecified atom stereocenters. The van der Waals surface area contributed by atoms with Gasteiger partial charge in [-0.15, -0.1) is 0 Å². The molecule has 14 nitrogen and oxygen atoms in total. The predicted octanol–water partition coefficient (Wildman–Crippen LogP) is 4.51. The monoisotopic (exact) mass is 854 g/mol. The molecule has 5 amide bonds. The van der Waals surface area contributed by atoms with Crippen LogP contribution in [-0.2, 0) is 37.4 Å². The van der Waals surface area contributed by atoms with E-state index >= 15 is 0 Å². The highest BCUT2D eigenvalue weighted by molar-refractivity contribution is 5.91. The van der Waals surface area contributed by atoms with E-state index in [1.165, 1.54) is 0 Å². The van der Waals surface area contributed by atoms with Crippen molar-refractivity contribution in [2.24, 2.45) is 48.3 Å². The quantitative estimate of drug-likeness (QED) is 0.241. The number of piperidine rings is 2. The minimum atomic E-state index is -0.604. The van der Waals surface area contributed by atoms with Crippen molar-refractivity contribution in [2.45, 2.75) is 144 Å². The van der Waals surface area contributed by atoms with Gasteiger partial charge in [-0.2, -0.15) is 0 Å². The number of aryl methyl sites for hydroxylation is 1. The van der Waals surface area contributed by atoms with Gasteiger partial charge >= 0.3 is 0 Å². The SMILES string of the molecule is CC.CC(C)CC1C(=O)N([C@@H](CC(C)C(C)CC2C(=O)N([C@@H](CC(C)C)C(=O)N3CCC(Cc4nccn4C)CC3)CCN2C)C(=O)N2CCC(CC(N)=O)CC2)CCN1C. The van der Waals surface area contributed by atoms with Crippen LogP contribution < -0.4 is 5.73 Å². The van der Waals surface area contributed by atoms with Crippen LogP contribution in [0.15, 0.2) is 12.4 Å². The molecule has 4 fully saturated rings. The number of nitrogens with zero attached hydrogens (tertiary/aromatic N) is 8. The molecule has 346 valence electrons. The van der Waals surface area contributed by atoms with Gasteiger partial charge in [0.05, 0.1) is 12.1 Å². The molecule has 5 rings (SSSR count). The number of nitrogens with two attached hydrogens (primary N) is 1. The Bertz CT molecular complexity index is 1580. The highest BCUT2D eigenvalue weighted by atomic mass is 16.2. The summed E-state index contributed by atoms with van der Waals surface area (Å²) in [5.41, 5.74) is 5.50. The maximum absolute atomic E-state index is 14.6. The van der Waals surface area contributed by atoms with Crippen molar-refractivity contribution < 1.29 is 24.0 Å². The first-order valence-corrected chi connectivity index (χ1v) is 23.8. The maximum Gasteiger partial charge on any atom is 0.245 e. The second-order valence-electron chi connectivity index (χ2n) is 19.6. The smallest absolute Gasteiger partial charge is 0.245 e. The van der Waals surface area contributed by atoms with Crippen LogP contribution in [0.5, 0.6) is 0 Å². The Balaban J connectivity index is 0.00000403. The molecule has 4 aliphatic heterocycles. The minimum absolute atomic E-state index is 0.0127. The summed E-state index contributed by atoms with van der Waals surface area (Å²) in [6.45, 7) is 21.7. The lowest BCUT2D eigenvalue weighted by Gasteiger charge is -2.46. The van der Waals surface area contributed by atoms with Gasteiger partial charge in [0.25, 0.3) is 0 Å². The molecule has 6 atom stereocenters. The van der Waals surface area contributed by atoms with E-state index in [0.717, 1.165) is 44.3 Å². The van der Waals surface area contributed by atoms with Crippen molar-refractivity contribution in [3.8, 4) is 0 Å². The minimum Gasteiger partial charge on any atom is -0.370 e. The molecule has 0 radical (unpaired) electrons. The van der Waals surface area contributed by atoms with E-state index in [1.54, 1.807) is 0 Å². The van der Waals surface area contributed by atoms with Crippen LogP contribution in [0.25, 0.3) is 0 Å². The van der Waals surface area contributed by atoms with Crippen molar-refractivity contribution in [2.75, 3.05) is 66.5 Å². The number of piperazine rings is 2. The summed E-state index contributed by atoms with van der Waals surface area (Å²) >= 11 is 0. The lowest BCUT2D eigenvalue weighted by molar-refractivity contribution is -0.155. The first-order valence-electron chi connectivity index (χ1n) is 23.8. The van der Waals surface area contributed by atoms with E-state index in [0.29, 0.717) is 89.9 Å². The van der Waals surface area contributed by atoms with Gasteiger partial charge in [-0.3, -0.25) is 33.8 Å². The summed E-state index contributed by atoms with van der Waals surface area (Å²) in [4.78, 5) is 85.8. The number of carbonyl (C=O) groups excluding carboxylic acids is 5. The van der Waals surface area contributed by atoms with Gasteiger partial charge < -0.3 is 29.9 Å². The Kier molecular flexibility index (Phi) is 19.1. The molecule has 2 N–H and O–H groups in total. The molecule has 4 aliphatic rings. The summed E-state index contributed by atoms with van der Waals surface area (Å²) in [5.74, 6) is 2.17. The summed E-state index contributed by atoms with van der Waals surface area (Å²) in [5, 5.41) is 0. The molecule has 1 aromatic heterocycles. The van der Waals surface area contributed by atoms with Crippen molar-refractivity contribution in [1.82, 2.24) is 39.0 Å². The first kappa shape index (κ1) is 50.1. The molecule has 14 heteroatoms. The molecule has 61 heavy (non-hydrogen) atoms. The normalized spacial score (nSPS) is 23.6. The summed E-state index contributed by atoms with van der Waals surface area (Å²) < 4.78 is 2.07. The lowest BCUT2D eigenvalue weighted by Crippen LogP contribution is -2.63. The number of carbonyl (C=O) groups is 5. The van der Waals surface area contributed by atoms with Crippen LogP contribution >= 0.6 is 0 Å². The number of imidazole rings is 1. The van der Waals surface area contributed by atoms with Crippen LogP contribution in [0.1, 0.15) is 119 Å². The second kappa shape index (κ2) is 23.2. The third-order valence-corrected chi connectivity index (χ3v) is 14.2. The number of aromatic nitrogens is 2. The van der Waals surface area contributed by atoms with Crippen LogP contribution in [0.3, 0.4) is 0 Å². The Morgan fingerprint density at radius 3 is 1.57 bits per heavy atom. The topological polar surface area (TPSA) is 149 Å². The predicted molar refractivity (Wildman–Crippen MR) is 241 cm³/mol. The molecule has 5 heterocycles. The molecule has 4 saturated heterocycles. The Labute approximate surface area is 368 Å². The zero-order valence-electron chi connectivity index (χ0n) is 39.9. The number of likely N-dealkylation sites (tertiary alicyclic amines) is 2. The molecular weight excluding hydrogens is 771 g/mol. The van der Waals surface area contributed by atoms with Gasteiger partial charge in [-0.1, -0.05) is 55.4 Å². The number of likely N-dealkylation sites (N-methyl/N-ethyl adjacent to an activating group) is 2. The molecular formula is C47H83N9O5. The fraction of sp³-hybridized carbons (Fsp3) is 0.830. The van der Waals surface area contributed by atoms with E-state index in [2.05, 4.69) is 60.9 Å². The molecule has 0 spiro atoms. The fourth-order valence-electron chi connectivity index (χ4n) is 10.1. The van der Waals surface area contributed by atoms with E-state index in [9.17, 15) is 24.0 Å². The zero-order chi connectivity index (χ0) is 45.1. The second-order valence-corrected chi connectivity index (χ2v) is 19.6. The zero-order valence-corrected chi connectivity index (χ0v) is 39.9. The van der Waals surface area contributed by atoms with E-state index in [4.69, 9.17) is 5.73 Å². The molecule has 0 bridgehead atoms. The Morgan fingerprint density at radius 2 is 1.13 bits per heavy atom. The van der Waals surface area contributed by atoms with Crippen molar-refractivity contribution in [3.63, 3.8) is 0 Å². The molecule has 0 aromatic carbocycles. The third-order valence-electron chi connectivity index (χ3n) is 14.2. The molecule has 0 saturated carbocycles. The van der Waals surface area contributed by atoms with Crippen molar-refractivity contribution in [3.05, 3.63) is 18.2 Å². The first-order chi connectivity index (χ1) is 28.9. The number of hydrogen-bond acceptors (Lipinski definition) is 8. The van der Waals surface area contributed by atoms with Gasteiger partial charge in [-0.05, 0) is 101 Å². The summed E-state index contributed by atoms with van der Waals surface area (Å²) in [7, 11) is 6.04. The molecule has 1 aromatic rings. The van der Waals surface area contributed by atoms with E-state index in [1.807, 2.05) is 67.0 Å². The van der Waals surface area contributed by atoms with Crippen molar-refractivity contribution >= 4 is 29.5 Å². The van der Waals surface area contributed by atoms with Gasteiger partial charge in [0.2, 0.25) is 29.5 Å². The molecule has 0 aliphatic carbocycles. The number of rotatable bonds is 17. The van der Waals surface area contributed by atoms with E-state index in [-0.39, 0.29) is 65.3 Å². The van der Waals surface area contributed by atoms with Crippen molar-refractivity contribution in [1.29, 1.82) is 0 Å². The number of hydrogen-bond donors (Lipinski definition) is 1. The van der Waals surface area contributed by atoms with Gasteiger partial charge in [0.15, 0.2) is 0 Å². The fourth-order valence-corrected chi connectivity index (χ4v) is 10.1. The lowest BCUT2D eigenvalue weighted by atomic mass is 9.83. The third kappa shape index (κ3) is 13.3. The van der Waals surface area contributed by atoms with E-state index < -0.39 is 12.1 Å². The van der Waals surface area contributed by atoms with Crippen LogP contribution in [-0.4, -0.2) is 159 Å². The summed E-state index contributed by atoms with van der Waals surface area (Å²) in [6, 6.07) is -1.75. The number of amides is 5. The van der Waals surface area contributed by atoms with Crippen LogP contribution in [0, 0.1) is 35.5 Å².